The Bertz CT molecular complexity index is 883. The van der Waals surface area contributed by atoms with Gasteiger partial charge in [0, 0.05) is 12.2 Å². The average Bonchev–Trinajstić information content (AvgIpc) is 3.10. The fourth-order valence-electron chi connectivity index (χ4n) is 3.16. The molecule has 2 aromatic rings. The molecule has 3 amide bonds. The van der Waals surface area contributed by atoms with Gasteiger partial charge in [-0.15, -0.1) is 0 Å². The molecule has 1 atom stereocenters. The molecule has 148 valence electrons. The first-order valence-corrected chi connectivity index (χ1v) is 8.85. The van der Waals surface area contributed by atoms with Crippen LogP contribution < -0.4 is 15.5 Å². The molecule has 0 saturated carbocycles. The van der Waals surface area contributed by atoms with Gasteiger partial charge in [-0.3, -0.25) is 4.79 Å². The van der Waals surface area contributed by atoms with E-state index in [2.05, 4.69) is 10.6 Å². The van der Waals surface area contributed by atoms with Crippen molar-refractivity contribution >= 4 is 17.6 Å². The Kier molecular flexibility index (Phi) is 5.58. The molecule has 2 N–H and O–H groups in total. The highest BCUT2D eigenvalue weighted by atomic mass is 19.4. The highest BCUT2D eigenvalue weighted by molar-refractivity contribution is 5.98. The molecule has 28 heavy (non-hydrogen) atoms. The lowest BCUT2D eigenvalue weighted by Gasteiger charge is -2.19. The minimum Gasteiger partial charge on any atom is -0.332 e. The Morgan fingerprint density at radius 1 is 1.14 bits per heavy atom. The van der Waals surface area contributed by atoms with E-state index in [0.717, 1.165) is 29.8 Å². The topological polar surface area (TPSA) is 61.4 Å². The number of alkyl halides is 3. The van der Waals surface area contributed by atoms with Crippen LogP contribution in [-0.2, 0) is 17.4 Å². The van der Waals surface area contributed by atoms with Crippen molar-refractivity contribution in [1.29, 1.82) is 0 Å². The molecular formula is C20H20F3N3O2. The molecule has 5 nitrogen and oxygen atoms in total. The SMILES string of the molecule is CC(NC(=O)NCC(=O)N1CCc2ccccc21)c1cccc(C(F)(F)F)c1. The number of hydrogen-bond acceptors (Lipinski definition) is 2. The molecule has 1 aliphatic rings. The third-order valence-corrected chi connectivity index (χ3v) is 4.65. The van der Waals surface area contributed by atoms with Crippen molar-refractivity contribution in [2.24, 2.45) is 0 Å². The van der Waals surface area contributed by atoms with Crippen molar-refractivity contribution in [2.75, 3.05) is 18.0 Å². The maximum atomic E-state index is 12.8. The van der Waals surface area contributed by atoms with Crippen LogP contribution in [-0.4, -0.2) is 25.0 Å². The third-order valence-electron chi connectivity index (χ3n) is 4.65. The first-order chi connectivity index (χ1) is 13.3. The Hall–Kier alpha value is -3.03. The Morgan fingerprint density at radius 3 is 2.64 bits per heavy atom. The first-order valence-electron chi connectivity index (χ1n) is 8.85. The van der Waals surface area contributed by atoms with E-state index in [9.17, 15) is 22.8 Å². The molecule has 1 aliphatic heterocycles. The smallest absolute Gasteiger partial charge is 0.332 e. The molecule has 0 aromatic heterocycles. The van der Waals surface area contributed by atoms with Gasteiger partial charge in [-0.25, -0.2) is 4.79 Å². The van der Waals surface area contributed by atoms with Crippen molar-refractivity contribution in [3.05, 3.63) is 65.2 Å². The number of nitrogens with zero attached hydrogens (tertiary/aromatic N) is 1. The second-order valence-corrected chi connectivity index (χ2v) is 6.60. The first kappa shape index (κ1) is 19.7. The van der Waals surface area contributed by atoms with Crippen molar-refractivity contribution in [3.63, 3.8) is 0 Å². The quantitative estimate of drug-likeness (QED) is 0.836. The van der Waals surface area contributed by atoms with Gasteiger partial charge in [0.2, 0.25) is 5.91 Å². The van der Waals surface area contributed by atoms with Crippen LogP contribution in [0.3, 0.4) is 0 Å². The summed E-state index contributed by atoms with van der Waals surface area (Å²) in [6.45, 7) is 1.94. The van der Waals surface area contributed by atoms with Crippen LogP contribution >= 0.6 is 0 Å². The van der Waals surface area contributed by atoms with E-state index in [1.54, 1.807) is 11.8 Å². The highest BCUT2D eigenvalue weighted by Crippen LogP contribution is 2.30. The predicted octanol–water partition coefficient (Wildman–Crippen LogP) is 3.65. The fraction of sp³-hybridized carbons (Fsp3) is 0.300. The lowest BCUT2D eigenvalue weighted by Crippen LogP contribution is -2.44. The summed E-state index contributed by atoms with van der Waals surface area (Å²) in [5.41, 5.74) is 1.47. The maximum absolute atomic E-state index is 12.8. The number of benzene rings is 2. The van der Waals surface area contributed by atoms with E-state index >= 15 is 0 Å². The average molecular weight is 391 g/mol. The maximum Gasteiger partial charge on any atom is 0.416 e. The molecule has 0 fully saturated rings. The van der Waals surface area contributed by atoms with Crippen LogP contribution in [0, 0.1) is 0 Å². The largest absolute Gasteiger partial charge is 0.416 e. The number of para-hydroxylation sites is 1. The molecule has 0 aliphatic carbocycles. The van der Waals surface area contributed by atoms with Gasteiger partial charge in [0.15, 0.2) is 0 Å². The zero-order chi connectivity index (χ0) is 20.3. The highest BCUT2D eigenvalue weighted by Gasteiger charge is 2.31. The summed E-state index contributed by atoms with van der Waals surface area (Å²) in [5, 5.41) is 5.02. The Labute approximate surface area is 160 Å². The summed E-state index contributed by atoms with van der Waals surface area (Å²) >= 11 is 0. The van der Waals surface area contributed by atoms with Gasteiger partial charge in [-0.05, 0) is 42.7 Å². The van der Waals surface area contributed by atoms with E-state index in [1.165, 1.54) is 12.1 Å². The zero-order valence-corrected chi connectivity index (χ0v) is 15.2. The summed E-state index contributed by atoms with van der Waals surface area (Å²) in [7, 11) is 0. The molecule has 3 rings (SSSR count). The van der Waals surface area contributed by atoms with Crippen molar-refractivity contribution in [1.82, 2.24) is 10.6 Å². The lowest BCUT2D eigenvalue weighted by molar-refractivity contribution is -0.137. The van der Waals surface area contributed by atoms with Gasteiger partial charge in [0.05, 0.1) is 18.2 Å². The number of anilines is 1. The van der Waals surface area contributed by atoms with Crippen LogP contribution in [0.4, 0.5) is 23.7 Å². The van der Waals surface area contributed by atoms with Gasteiger partial charge in [0.25, 0.3) is 0 Å². The molecule has 0 bridgehead atoms. The molecular weight excluding hydrogens is 371 g/mol. The number of urea groups is 1. The summed E-state index contributed by atoms with van der Waals surface area (Å²) in [6.07, 6.45) is -3.68. The summed E-state index contributed by atoms with van der Waals surface area (Å²) in [5.74, 6) is -0.244. The number of carbonyl (C=O) groups is 2. The summed E-state index contributed by atoms with van der Waals surface area (Å²) < 4.78 is 38.4. The van der Waals surface area contributed by atoms with Crippen LogP contribution in [0.25, 0.3) is 0 Å². The van der Waals surface area contributed by atoms with Gasteiger partial charge in [0.1, 0.15) is 0 Å². The fourth-order valence-corrected chi connectivity index (χ4v) is 3.16. The van der Waals surface area contributed by atoms with E-state index in [4.69, 9.17) is 0 Å². The lowest BCUT2D eigenvalue weighted by atomic mass is 10.1. The molecule has 2 aromatic carbocycles. The van der Waals surface area contributed by atoms with E-state index < -0.39 is 23.8 Å². The predicted molar refractivity (Wildman–Crippen MR) is 98.9 cm³/mol. The second kappa shape index (κ2) is 7.92. The number of rotatable bonds is 4. The van der Waals surface area contributed by atoms with Crippen LogP contribution in [0.15, 0.2) is 48.5 Å². The minimum absolute atomic E-state index is 0.199. The molecule has 0 saturated heterocycles. The van der Waals surface area contributed by atoms with Gasteiger partial charge in [-0.2, -0.15) is 13.2 Å². The summed E-state index contributed by atoms with van der Waals surface area (Å²) in [6, 6.07) is 11.1. The number of nitrogens with one attached hydrogen (secondary N) is 2. The monoisotopic (exact) mass is 391 g/mol. The number of hydrogen-bond donors (Lipinski definition) is 2. The van der Waals surface area contributed by atoms with E-state index in [1.807, 2.05) is 24.3 Å². The van der Waals surface area contributed by atoms with Crippen LogP contribution in [0.1, 0.15) is 29.7 Å². The van der Waals surface area contributed by atoms with Crippen LogP contribution in [0.2, 0.25) is 0 Å². The van der Waals surface area contributed by atoms with Crippen molar-refractivity contribution in [3.8, 4) is 0 Å². The molecule has 0 radical (unpaired) electrons. The molecule has 0 spiro atoms. The molecule has 8 heteroatoms. The zero-order valence-electron chi connectivity index (χ0n) is 15.2. The third kappa shape index (κ3) is 4.44. The normalized spacial score (nSPS) is 14.4. The number of amides is 3. The number of fused-ring (bicyclic) bond motifs is 1. The Balaban J connectivity index is 1.54. The minimum atomic E-state index is -4.45. The number of carbonyl (C=O) groups excluding carboxylic acids is 2. The second-order valence-electron chi connectivity index (χ2n) is 6.60. The van der Waals surface area contributed by atoms with E-state index in [-0.39, 0.29) is 12.5 Å². The number of halogens is 3. The summed E-state index contributed by atoms with van der Waals surface area (Å²) in [4.78, 5) is 26.1. The molecule has 1 unspecified atom stereocenters. The van der Waals surface area contributed by atoms with Crippen molar-refractivity contribution in [2.45, 2.75) is 25.6 Å². The molecule has 1 heterocycles. The standard InChI is InChI=1S/C20H20F3N3O2/c1-13(15-6-4-7-16(11-15)20(21,22)23)25-19(28)24-12-18(27)26-10-9-14-5-2-3-8-17(14)26/h2-8,11,13H,9-10,12H2,1H3,(H2,24,25,28). The van der Waals surface area contributed by atoms with E-state index in [0.29, 0.717) is 12.1 Å². The van der Waals surface area contributed by atoms with Gasteiger partial charge >= 0.3 is 12.2 Å². The van der Waals surface area contributed by atoms with Gasteiger partial charge < -0.3 is 15.5 Å². The van der Waals surface area contributed by atoms with Crippen molar-refractivity contribution < 1.29 is 22.8 Å². The Morgan fingerprint density at radius 2 is 1.89 bits per heavy atom. The van der Waals surface area contributed by atoms with Crippen LogP contribution in [0.5, 0.6) is 0 Å². The van der Waals surface area contributed by atoms with Gasteiger partial charge in [-0.1, -0.05) is 30.3 Å².